The summed E-state index contributed by atoms with van der Waals surface area (Å²) in [7, 11) is 1.53. The van der Waals surface area contributed by atoms with Crippen LogP contribution in [0.15, 0.2) is 18.2 Å². The van der Waals surface area contributed by atoms with Crippen molar-refractivity contribution in [2.75, 3.05) is 26.1 Å². The van der Waals surface area contributed by atoms with E-state index in [1.54, 1.807) is 19.1 Å². The molecule has 1 heterocycles. The molecule has 2 aromatic rings. The molecule has 1 aromatic carbocycles. The molecule has 0 amide bonds. The first-order valence-corrected chi connectivity index (χ1v) is 9.27. The van der Waals surface area contributed by atoms with Gasteiger partial charge in [0, 0.05) is 11.3 Å². The SMILES string of the molecule is CCOC(=O)COc1ccc(-c2c(C#N)c(N)nc3c2CCCC3)cc1OC. The summed E-state index contributed by atoms with van der Waals surface area (Å²) in [5, 5.41) is 9.66. The minimum Gasteiger partial charge on any atom is -0.493 e. The summed E-state index contributed by atoms with van der Waals surface area (Å²) in [6, 6.07) is 7.56. The summed E-state index contributed by atoms with van der Waals surface area (Å²) in [6.07, 6.45) is 3.83. The maximum atomic E-state index is 11.5. The Balaban J connectivity index is 2.02. The van der Waals surface area contributed by atoms with E-state index in [9.17, 15) is 10.1 Å². The van der Waals surface area contributed by atoms with E-state index in [1.807, 2.05) is 6.07 Å². The van der Waals surface area contributed by atoms with E-state index >= 15 is 0 Å². The number of nitrogen functional groups attached to an aromatic ring is 1. The van der Waals surface area contributed by atoms with Gasteiger partial charge in [0.25, 0.3) is 0 Å². The lowest BCUT2D eigenvalue weighted by molar-refractivity contribution is -0.145. The van der Waals surface area contributed by atoms with Gasteiger partial charge in [-0.2, -0.15) is 5.26 Å². The first-order valence-electron chi connectivity index (χ1n) is 9.27. The van der Waals surface area contributed by atoms with Crippen molar-refractivity contribution in [3.05, 3.63) is 35.0 Å². The molecule has 0 spiro atoms. The van der Waals surface area contributed by atoms with Crippen molar-refractivity contribution < 1.29 is 19.0 Å². The molecule has 28 heavy (non-hydrogen) atoms. The summed E-state index contributed by atoms with van der Waals surface area (Å²) >= 11 is 0. The number of aryl methyl sites for hydroxylation is 1. The molecule has 0 saturated heterocycles. The number of hydrogen-bond acceptors (Lipinski definition) is 7. The number of nitriles is 1. The van der Waals surface area contributed by atoms with Crippen LogP contribution < -0.4 is 15.2 Å². The number of pyridine rings is 1. The van der Waals surface area contributed by atoms with Gasteiger partial charge in [-0.05, 0) is 55.9 Å². The van der Waals surface area contributed by atoms with E-state index in [-0.39, 0.29) is 12.4 Å². The second kappa shape index (κ2) is 8.61. The number of ether oxygens (including phenoxy) is 3. The number of nitrogens with zero attached hydrogens (tertiary/aromatic N) is 2. The normalized spacial score (nSPS) is 12.6. The highest BCUT2D eigenvalue weighted by Gasteiger charge is 2.23. The zero-order chi connectivity index (χ0) is 20.1. The van der Waals surface area contributed by atoms with Crippen LogP contribution in [0.4, 0.5) is 5.82 Å². The van der Waals surface area contributed by atoms with Gasteiger partial charge in [-0.1, -0.05) is 6.07 Å². The quantitative estimate of drug-likeness (QED) is 0.766. The zero-order valence-corrected chi connectivity index (χ0v) is 16.1. The minimum absolute atomic E-state index is 0.204. The largest absolute Gasteiger partial charge is 0.493 e. The molecular formula is C21H23N3O4. The molecule has 146 valence electrons. The van der Waals surface area contributed by atoms with Gasteiger partial charge in [0.1, 0.15) is 17.5 Å². The van der Waals surface area contributed by atoms with Crippen LogP contribution in [0.2, 0.25) is 0 Å². The van der Waals surface area contributed by atoms with Gasteiger partial charge < -0.3 is 19.9 Å². The van der Waals surface area contributed by atoms with E-state index < -0.39 is 5.97 Å². The van der Waals surface area contributed by atoms with Crippen LogP contribution in [0, 0.1) is 11.3 Å². The molecule has 1 aromatic heterocycles. The average molecular weight is 381 g/mol. The highest BCUT2D eigenvalue weighted by atomic mass is 16.6. The molecule has 0 bridgehead atoms. The number of carbonyl (C=O) groups excluding carboxylic acids is 1. The predicted molar refractivity (Wildman–Crippen MR) is 104 cm³/mol. The lowest BCUT2D eigenvalue weighted by Gasteiger charge is -2.21. The van der Waals surface area contributed by atoms with Crippen molar-refractivity contribution >= 4 is 11.8 Å². The van der Waals surface area contributed by atoms with Gasteiger partial charge in [0.15, 0.2) is 18.1 Å². The van der Waals surface area contributed by atoms with E-state index in [2.05, 4.69) is 11.1 Å². The maximum absolute atomic E-state index is 11.5. The number of hydrogen-bond donors (Lipinski definition) is 1. The van der Waals surface area contributed by atoms with Crippen LogP contribution in [0.5, 0.6) is 11.5 Å². The number of anilines is 1. The monoisotopic (exact) mass is 381 g/mol. The van der Waals surface area contributed by atoms with Crippen molar-refractivity contribution in [3.8, 4) is 28.7 Å². The first kappa shape index (κ1) is 19.5. The molecule has 3 rings (SSSR count). The zero-order valence-electron chi connectivity index (χ0n) is 16.1. The summed E-state index contributed by atoms with van der Waals surface area (Å²) in [6.45, 7) is 1.83. The van der Waals surface area contributed by atoms with Crippen molar-refractivity contribution in [2.45, 2.75) is 32.6 Å². The number of methoxy groups -OCH3 is 1. The van der Waals surface area contributed by atoms with Crippen LogP contribution in [0.3, 0.4) is 0 Å². The van der Waals surface area contributed by atoms with E-state index in [0.29, 0.717) is 23.7 Å². The van der Waals surface area contributed by atoms with Crippen LogP contribution >= 0.6 is 0 Å². The smallest absolute Gasteiger partial charge is 0.344 e. The topological polar surface area (TPSA) is 107 Å². The Morgan fingerprint density at radius 2 is 2.07 bits per heavy atom. The molecular weight excluding hydrogens is 358 g/mol. The third kappa shape index (κ3) is 3.86. The van der Waals surface area contributed by atoms with Gasteiger partial charge >= 0.3 is 5.97 Å². The Morgan fingerprint density at radius 1 is 1.29 bits per heavy atom. The van der Waals surface area contributed by atoms with Gasteiger partial charge in [0.2, 0.25) is 0 Å². The number of carbonyl (C=O) groups is 1. The number of nitrogens with two attached hydrogens (primary N) is 1. The number of rotatable bonds is 6. The first-order chi connectivity index (χ1) is 13.6. The number of esters is 1. The molecule has 1 aliphatic carbocycles. The molecule has 2 N–H and O–H groups in total. The summed E-state index contributed by atoms with van der Waals surface area (Å²) in [5.41, 5.74) is 10.1. The molecule has 0 aliphatic heterocycles. The van der Waals surface area contributed by atoms with Gasteiger partial charge in [0.05, 0.1) is 13.7 Å². The summed E-state index contributed by atoms with van der Waals surface area (Å²) in [4.78, 5) is 16.0. The average Bonchev–Trinajstić information content (AvgIpc) is 2.71. The molecule has 0 unspecified atom stereocenters. The fourth-order valence-electron chi connectivity index (χ4n) is 3.48. The molecule has 7 heteroatoms. The third-order valence-electron chi connectivity index (χ3n) is 4.72. The number of fused-ring (bicyclic) bond motifs is 1. The Labute approximate surface area is 164 Å². The molecule has 0 saturated carbocycles. The van der Waals surface area contributed by atoms with Crippen molar-refractivity contribution in [1.29, 1.82) is 5.26 Å². The third-order valence-corrected chi connectivity index (χ3v) is 4.72. The summed E-state index contributed by atoms with van der Waals surface area (Å²) < 4.78 is 15.8. The molecule has 0 fully saturated rings. The minimum atomic E-state index is -0.448. The molecule has 0 radical (unpaired) electrons. The second-order valence-corrected chi connectivity index (χ2v) is 6.45. The van der Waals surface area contributed by atoms with Crippen LogP contribution in [-0.4, -0.2) is 31.3 Å². The van der Waals surface area contributed by atoms with Gasteiger partial charge in [-0.15, -0.1) is 0 Å². The van der Waals surface area contributed by atoms with Crippen molar-refractivity contribution in [1.82, 2.24) is 4.98 Å². The molecule has 0 atom stereocenters. The van der Waals surface area contributed by atoms with E-state index in [0.717, 1.165) is 48.1 Å². The lowest BCUT2D eigenvalue weighted by atomic mass is 9.86. The highest BCUT2D eigenvalue weighted by Crippen LogP contribution is 2.39. The van der Waals surface area contributed by atoms with E-state index in [1.165, 1.54) is 7.11 Å². The van der Waals surface area contributed by atoms with Crippen molar-refractivity contribution in [3.63, 3.8) is 0 Å². The Hall–Kier alpha value is -3.27. The summed E-state index contributed by atoms with van der Waals surface area (Å²) in [5.74, 6) is 0.690. The highest BCUT2D eigenvalue weighted by molar-refractivity contribution is 5.80. The van der Waals surface area contributed by atoms with Gasteiger partial charge in [-0.3, -0.25) is 0 Å². The lowest BCUT2D eigenvalue weighted by Crippen LogP contribution is -2.15. The van der Waals surface area contributed by atoms with Crippen LogP contribution in [0.25, 0.3) is 11.1 Å². The molecule has 7 nitrogen and oxygen atoms in total. The van der Waals surface area contributed by atoms with Crippen molar-refractivity contribution in [2.24, 2.45) is 0 Å². The Morgan fingerprint density at radius 3 is 2.79 bits per heavy atom. The number of benzene rings is 1. The number of aromatic nitrogens is 1. The standard InChI is InChI=1S/C21H23N3O4/c1-3-27-19(25)12-28-17-9-8-13(10-18(17)26-2)20-14-6-4-5-7-16(14)24-21(23)15(20)11-22/h8-10H,3-7,12H2,1-2H3,(H2,23,24). The Bertz CT molecular complexity index is 934. The fraction of sp³-hybridized carbons (Fsp3) is 0.381. The fourth-order valence-corrected chi connectivity index (χ4v) is 3.48. The Kier molecular flexibility index (Phi) is 5.99. The van der Waals surface area contributed by atoms with Gasteiger partial charge in [-0.25, -0.2) is 9.78 Å². The van der Waals surface area contributed by atoms with Crippen LogP contribution in [0.1, 0.15) is 36.6 Å². The second-order valence-electron chi connectivity index (χ2n) is 6.45. The maximum Gasteiger partial charge on any atom is 0.344 e. The van der Waals surface area contributed by atoms with E-state index in [4.69, 9.17) is 19.9 Å². The predicted octanol–water partition coefficient (Wildman–Crippen LogP) is 3.03. The van der Waals surface area contributed by atoms with Crippen LogP contribution in [-0.2, 0) is 22.4 Å². The molecule has 1 aliphatic rings.